The number of hydrogen-bond donors (Lipinski definition) is 1. The Hall–Kier alpha value is -1.22. The van der Waals surface area contributed by atoms with E-state index in [1.54, 1.807) is 0 Å². The standard InChI is InChI=1S/C12H16FN3O3S.ClH/c13-10-1-3-11(4-2-10)20(18,19)16-7-5-15(6-8-16)12(17)9-14;/h1-4H,5-9,14H2;1H. The molecule has 21 heavy (non-hydrogen) atoms. The molecule has 118 valence electrons. The van der Waals surface area contributed by atoms with Crippen molar-refractivity contribution >= 4 is 28.3 Å². The quantitative estimate of drug-likeness (QED) is 0.844. The molecule has 9 heteroatoms. The fraction of sp³-hybridized carbons (Fsp3) is 0.417. The zero-order valence-corrected chi connectivity index (χ0v) is 12.9. The zero-order chi connectivity index (χ0) is 14.8. The van der Waals surface area contributed by atoms with Gasteiger partial charge in [-0.05, 0) is 24.3 Å². The van der Waals surface area contributed by atoms with Gasteiger partial charge in [-0.3, -0.25) is 4.79 Å². The fourth-order valence-electron chi connectivity index (χ4n) is 2.06. The van der Waals surface area contributed by atoms with Gasteiger partial charge in [-0.25, -0.2) is 12.8 Å². The van der Waals surface area contributed by atoms with Crippen molar-refractivity contribution in [3.05, 3.63) is 30.1 Å². The first-order chi connectivity index (χ1) is 9.45. The van der Waals surface area contributed by atoms with Gasteiger partial charge in [0.15, 0.2) is 0 Å². The maximum atomic E-state index is 12.8. The van der Waals surface area contributed by atoms with Crippen molar-refractivity contribution in [1.82, 2.24) is 9.21 Å². The van der Waals surface area contributed by atoms with Gasteiger partial charge < -0.3 is 10.6 Å². The third-order valence-corrected chi connectivity index (χ3v) is 5.13. The highest BCUT2D eigenvalue weighted by Crippen LogP contribution is 2.17. The molecular weight excluding hydrogens is 321 g/mol. The van der Waals surface area contributed by atoms with Crippen LogP contribution in [-0.2, 0) is 14.8 Å². The van der Waals surface area contributed by atoms with Crippen LogP contribution in [0.5, 0.6) is 0 Å². The first-order valence-electron chi connectivity index (χ1n) is 6.18. The van der Waals surface area contributed by atoms with Crippen LogP contribution in [0, 0.1) is 5.82 Å². The summed E-state index contributed by atoms with van der Waals surface area (Å²) in [6.45, 7) is 0.981. The molecule has 1 saturated heterocycles. The lowest BCUT2D eigenvalue weighted by Gasteiger charge is -2.33. The van der Waals surface area contributed by atoms with Crippen LogP contribution in [-0.4, -0.2) is 56.3 Å². The maximum absolute atomic E-state index is 12.8. The normalized spacial score (nSPS) is 16.4. The summed E-state index contributed by atoms with van der Waals surface area (Å²) in [4.78, 5) is 13.0. The number of amides is 1. The van der Waals surface area contributed by atoms with Crippen LogP contribution in [0.3, 0.4) is 0 Å². The Morgan fingerprint density at radius 2 is 1.67 bits per heavy atom. The molecule has 1 amide bonds. The van der Waals surface area contributed by atoms with Gasteiger partial charge in [-0.2, -0.15) is 4.31 Å². The first-order valence-corrected chi connectivity index (χ1v) is 7.62. The zero-order valence-electron chi connectivity index (χ0n) is 11.2. The summed E-state index contributed by atoms with van der Waals surface area (Å²) in [5.41, 5.74) is 5.27. The van der Waals surface area contributed by atoms with E-state index in [9.17, 15) is 17.6 Å². The van der Waals surface area contributed by atoms with Crippen LogP contribution in [0.25, 0.3) is 0 Å². The van der Waals surface area contributed by atoms with Gasteiger partial charge in [-0.15, -0.1) is 12.4 Å². The van der Waals surface area contributed by atoms with E-state index in [1.807, 2.05) is 0 Å². The van der Waals surface area contributed by atoms with Crippen molar-refractivity contribution in [3.8, 4) is 0 Å². The van der Waals surface area contributed by atoms with E-state index in [1.165, 1.54) is 21.3 Å². The highest BCUT2D eigenvalue weighted by molar-refractivity contribution is 7.89. The molecule has 0 aliphatic carbocycles. The summed E-state index contributed by atoms with van der Waals surface area (Å²) in [6.07, 6.45) is 0. The third kappa shape index (κ3) is 3.91. The average Bonchev–Trinajstić information content (AvgIpc) is 2.47. The van der Waals surface area contributed by atoms with Crippen LogP contribution >= 0.6 is 12.4 Å². The number of piperazine rings is 1. The van der Waals surface area contributed by atoms with Crippen molar-refractivity contribution in [2.24, 2.45) is 5.73 Å². The van der Waals surface area contributed by atoms with Crippen LogP contribution < -0.4 is 5.73 Å². The molecule has 6 nitrogen and oxygen atoms in total. The van der Waals surface area contributed by atoms with Gasteiger partial charge in [0.25, 0.3) is 0 Å². The summed E-state index contributed by atoms with van der Waals surface area (Å²) < 4.78 is 38.8. The second kappa shape index (κ2) is 7.17. The van der Waals surface area contributed by atoms with Crippen molar-refractivity contribution in [2.45, 2.75) is 4.90 Å². The Bertz CT molecular complexity index is 586. The minimum absolute atomic E-state index is 0. The number of hydrogen-bond acceptors (Lipinski definition) is 4. The van der Waals surface area contributed by atoms with E-state index >= 15 is 0 Å². The number of benzene rings is 1. The first kappa shape index (κ1) is 17.8. The fourth-order valence-corrected chi connectivity index (χ4v) is 3.48. The molecular formula is C12H17ClFN3O3S. The topological polar surface area (TPSA) is 83.7 Å². The minimum atomic E-state index is -3.64. The lowest BCUT2D eigenvalue weighted by Crippen LogP contribution is -2.51. The summed E-state index contributed by atoms with van der Waals surface area (Å²) >= 11 is 0. The Morgan fingerprint density at radius 3 is 2.14 bits per heavy atom. The summed E-state index contributed by atoms with van der Waals surface area (Å²) in [6, 6.07) is 4.70. The molecule has 2 rings (SSSR count). The molecule has 1 aromatic rings. The van der Waals surface area contributed by atoms with E-state index in [0.29, 0.717) is 13.1 Å². The van der Waals surface area contributed by atoms with E-state index in [0.717, 1.165) is 12.1 Å². The molecule has 2 N–H and O–H groups in total. The van der Waals surface area contributed by atoms with Crippen LogP contribution in [0.2, 0.25) is 0 Å². The molecule has 1 heterocycles. The molecule has 0 radical (unpaired) electrons. The highest BCUT2D eigenvalue weighted by Gasteiger charge is 2.29. The molecule has 1 fully saturated rings. The smallest absolute Gasteiger partial charge is 0.243 e. The maximum Gasteiger partial charge on any atom is 0.243 e. The van der Waals surface area contributed by atoms with Gasteiger partial charge in [0.2, 0.25) is 15.9 Å². The molecule has 1 aromatic carbocycles. The molecule has 0 aromatic heterocycles. The van der Waals surface area contributed by atoms with Gasteiger partial charge >= 0.3 is 0 Å². The number of carbonyl (C=O) groups is 1. The van der Waals surface area contributed by atoms with Crippen LogP contribution in [0.1, 0.15) is 0 Å². The number of sulfonamides is 1. The van der Waals surface area contributed by atoms with Crippen molar-refractivity contribution in [2.75, 3.05) is 32.7 Å². The monoisotopic (exact) mass is 337 g/mol. The number of halogens is 2. The molecule has 0 bridgehead atoms. The Labute approximate surface area is 129 Å². The van der Waals surface area contributed by atoms with E-state index in [4.69, 9.17) is 5.73 Å². The molecule has 0 saturated carbocycles. The summed E-state index contributed by atoms with van der Waals surface area (Å²) in [5.74, 6) is -0.675. The van der Waals surface area contributed by atoms with Gasteiger partial charge in [0, 0.05) is 26.2 Å². The minimum Gasteiger partial charge on any atom is -0.339 e. The number of nitrogens with zero attached hydrogens (tertiary/aromatic N) is 2. The van der Waals surface area contributed by atoms with Crippen molar-refractivity contribution in [3.63, 3.8) is 0 Å². The van der Waals surface area contributed by atoms with Gasteiger partial charge in [0.05, 0.1) is 11.4 Å². The summed E-state index contributed by atoms with van der Waals surface area (Å²) in [5, 5.41) is 0. The number of rotatable bonds is 3. The van der Waals surface area contributed by atoms with Gasteiger partial charge in [0.1, 0.15) is 5.82 Å². The largest absolute Gasteiger partial charge is 0.339 e. The number of carbonyl (C=O) groups excluding carboxylic acids is 1. The van der Waals surface area contributed by atoms with Crippen LogP contribution in [0.4, 0.5) is 4.39 Å². The predicted molar refractivity (Wildman–Crippen MR) is 78.0 cm³/mol. The molecule has 0 spiro atoms. The van der Waals surface area contributed by atoms with Crippen molar-refractivity contribution in [1.29, 1.82) is 0 Å². The van der Waals surface area contributed by atoms with E-state index in [-0.39, 0.29) is 42.8 Å². The number of nitrogens with two attached hydrogens (primary N) is 1. The second-order valence-electron chi connectivity index (χ2n) is 4.44. The molecule has 0 atom stereocenters. The lowest BCUT2D eigenvalue weighted by atomic mass is 10.3. The third-order valence-electron chi connectivity index (χ3n) is 3.22. The Morgan fingerprint density at radius 1 is 1.14 bits per heavy atom. The second-order valence-corrected chi connectivity index (χ2v) is 6.38. The van der Waals surface area contributed by atoms with E-state index in [2.05, 4.69) is 0 Å². The Balaban J connectivity index is 0.00000220. The Kier molecular flexibility index (Phi) is 6.09. The van der Waals surface area contributed by atoms with Crippen molar-refractivity contribution < 1.29 is 17.6 Å². The molecule has 1 aliphatic rings. The van der Waals surface area contributed by atoms with Gasteiger partial charge in [-0.1, -0.05) is 0 Å². The lowest BCUT2D eigenvalue weighted by molar-refractivity contribution is -0.130. The average molecular weight is 338 g/mol. The molecule has 1 aliphatic heterocycles. The van der Waals surface area contributed by atoms with E-state index < -0.39 is 15.8 Å². The summed E-state index contributed by atoms with van der Waals surface area (Å²) in [7, 11) is -3.64. The van der Waals surface area contributed by atoms with Crippen LogP contribution in [0.15, 0.2) is 29.2 Å². The molecule has 0 unspecified atom stereocenters. The SMILES string of the molecule is Cl.NCC(=O)N1CCN(S(=O)(=O)c2ccc(F)cc2)CC1. The highest BCUT2D eigenvalue weighted by atomic mass is 35.5. The predicted octanol–water partition coefficient (Wildman–Crippen LogP) is 0.0391.